The number of thioether (sulfide) groups is 4. The molecule has 0 aliphatic carbocycles. The van der Waals surface area contributed by atoms with Crippen molar-refractivity contribution in [3.8, 4) is 11.9 Å². The Labute approximate surface area is 138 Å². The van der Waals surface area contributed by atoms with Crippen molar-refractivity contribution in [3.63, 3.8) is 0 Å². The van der Waals surface area contributed by atoms with E-state index in [-0.39, 0.29) is 0 Å². The van der Waals surface area contributed by atoms with Crippen molar-refractivity contribution < 1.29 is 10.2 Å². The number of aromatic amines is 2. The van der Waals surface area contributed by atoms with E-state index >= 15 is 0 Å². The van der Waals surface area contributed by atoms with Gasteiger partial charge >= 0.3 is 5.69 Å². The van der Waals surface area contributed by atoms with Crippen molar-refractivity contribution in [1.29, 1.82) is 0 Å². The predicted octanol–water partition coefficient (Wildman–Crippen LogP) is 0.223. The fraction of sp³-hybridized carbons (Fsp3) is 0. The number of nitrogens with zero attached hydrogens (tertiary/aromatic N) is 2. The molecular formula is C10H2N4O4S4-2. The quantitative estimate of drug-likeness (QED) is 0.619. The van der Waals surface area contributed by atoms with E-state index in [0.717, 1.165) is 8.47 Å². The molecule has 2 aliphatic rings. The van der Waals surface area contributed by atoms with Crippen LogP contribution in [-0.2, 0) is 0 Å². The molecule has 0 bridgehead atoms. The molecule has 0 fully saturated rings. The first-order valence-corrected chi connectivity index (χ1v) is 8.86. The molecule has 4 rings (SSSR count). The summed E-state index contributed by atoms with van der Waals surface area (Å²) in [6, 6.07) is -0.807. The van der Waals surface area contributed by atoms with E-state index in [1.807, 2.05) is 0 Å². The van der Waals surface area contributed by atoms with Crippen LogP contribution in [-0.4, -0.2) is 19.9 Å². The van der Waals surface area contributed by atoms with Crippen LogP contribution in [0.1, 0.15) is 0 Å². The molecule has 2 N–H and O–H groups in total. The van der Waals surface area contributed by atoms with Crippen LogP contribution < -0.4 is 21.5 Å². The van der Waals surface area contributed by atoms with Gasteiger partial charge in [-0.25, -0.2) is 9.78 Å². The van der Waals surface area contributed by atoms with Gasteiger partial charge in [0.1, 0.15) is 14.9 Å². The van der Waals surface area contributed by atoms with Crippen LogP contribution in [0.25, 0.3) is 0 Å². The van der Waals surface area contributed by atoms with Crippen molar-refractivity contribution in [3.05, 3.63) is 29.3 Å². The maximum absolute atomic E-state index is 11.7. The molecule has 22 heavy (non-hydrogen) atoms. The van der Waals surface area contributed by atoms with Crippen LogP contribution in [0.15, 0.2) is 37.9 Å². The van der Waals surface area contributed by atoms with Crippen molar-refractivity contribution in [1.82, 2.24) is 19.9 Å². The molecule has 0 unspecified atom stereocenters. The lowest BCUT2D eigenvalue weighted by Crippen LogP contribution is -2.23. The lowest BCUT2D eigenvalue weighted by atomic mass is 10.6. The summed E-state index contributed by atoms with van der Waals surface area (Å²) in [5.41, 5.74) is -1.02. The van der Waals surface area contributed by atoms with Gasteiger partial charge in [-0.15, -0.1) is 0 Å². The predicted molar refractivity (Wildman–Crippen MR) is 79.1 cm³/mol. The summed E-state index contributed by atoms with van der Waals surface area (Å²) in [5, 5.41) is 23.7. The third-order valence-corrected chi connectivity index (χ3v) is 8.09. The van der Waals surface area contributed by atoms with Gasteiger partial charge in [0, 0.05) is 5.88 Å². The number of nitrogens with one attached hydrogen (secondary N) is 2. The van der Waals surface area contributed by atoms with Gasteiger partial charge in [-0.3, -0.25) is 14.8 Å². The van der Waals surface area contributed by atoms with Gasteiger partial charge in [0.05, 0.1) is 19.4 Å². The van der Waals surface area contributed by atoms with Crippen LogP contribution in [0.4, 0.5) is 0 Å². The largest absolute Gasteiger partial charge is 0.858 e. The fourth-order valence-corrected chi connectivity index (χ4v) is 6.81. The molecule has 8 nitrogen and oxygen atoms in total. The number of H-pyrrole nitrogens is 2. The summed E-state index contributed by atoms with van der Waals surface area (Å²) in [6.07, 6.45) is 0. The first-order valence-electron chi connectivity index (χ1n) is 5.59. The molecule has 4 heterocycles. The van der Waals surface area contributed by atoms with Gasteiger partial charge in [-0.2, -0.15) is 0 Å². The molecule has 0 saturated carbocycles. The second-order valence-corrected chi connectivity index (χ2v) is 8.57. The minimum Gasteiger partial charge on any atom is -0.858 e. The molecule has 0 saturated heterocycles. The first kappa shape index (κ1) is 14.1. The van der Waals surface area contributed by atoms with Gasteiger partial charge in [-0.1, -0.05) is 47.0 Å². The van der Waals surface area contributed by atoms with Crippen LogP contribution in [0.5, 0.6) is 11.9 Å². The van der Waals surface area contributed by atoms with Gasteiger partial charge in [0.15, 0.2) is 0 Å². The second kappa shape index (κ2) is 5.01. The topological polar surface area (TPSA) is 138 Å². The van der Waals surface area contributed by atoms with Crippen LogP contribution in [0.3, 0.4) is 0 Å². The molecule has 0 amide bonds. The summed E-state index contributed by atoms with van der Waals surface area (Å²) in [6.45, 7) is 0. The molecule has 0 spiro atoms. The average Bonchev–Trinajstić information content (AvgIpc) is 3.01. The number of fused-ring (bicyclic) bond motifs is 2. The molecule has 0 radical (unpaired) electrons. The summed E-state index contributed by atoms with van der Waals surface area (Å²) >= 11 is 4.81. The van der Waals surface area contributed by atoms with Crippen LogP contribution in [0.2, 0.25) is 0 Å². The zero-order chi connectivity index (χ0) is 15.4. The van der Waals surface area contributed by atoms with Gasteiger partial charge in [-0.05, 0) is 0 Å². The highest BCUT2D eigenvalue weighted by molar-refractivity contribution is 8.30. The standard InChI is InChI=1S/C10H4N4O4S4/c15-3-1-5(13-9(17)11-3)21-7(19-1)8-20-2-4(16)12-10(18)14-6(2)22-8/h(H2,11,13,15,17)(H2,12,14,16,18)/p-2. The third-order valence-electron chi connectivity index (χ3n) is 2.59. The van der Waals surface area contributed by atoms with E-state index in [9.17, 15) is 19.8 Å². The molecule has 2 aromatic heterocycles. The molecular weight excluding hydrogens is 368 g/mol. The van der Waals surface area contributed by atoms with Crippen LogP contribution >= 0.6 is 47.0 Å². The zero-order valence-electron chi connectivity index (χ0n) is 10.2. The fourth-order valence-electron chi connectivity index (χ4n) is 1.74. The highest BCUT2D eigenvalue weighted by Crippen LogP contribution is 2.60. The highest BCUT2D eigenvalue weighted by Gasteiger charge is 2.30. The maximum atomic E-state index is 11.7. The van der Waals surface area contributed by atoms with Crippen molar-refractivity contribution >= 4 is 47.0 Å². The SMILES string of the molecule is O=c1[nH]c2c(c(=O)[nH]1)SC(=C1Sc3nc([O-])nc([O-])c3S1)S2. The molecule has 0 aromatic carbocycles. The minimum atomic E-state index is -0.807. The molecule has 12 heteroatoms. The molecule has 112 valence electrons. The van der Waals surface area contributed by atoms with Gasteiger partial charge < -0.3 is 15.2 Å². The second-order valence-electron chi connectivity index (χ2n) is 4.00. The number of rotatable bonds is 0. The van der Waals surface area contributed by atoms with E-state index in [4.69, 9.17) is 0 Å². The average molecular weight is 370 g/mol. The van der Waals surface area contributed by atoms with E-state index in [1.54, 1.807) is 0 Å². The summed E-state index contributed by atoms with van der Waals surface area (Å²) in [7, 11) is 0. The number of hydrogen-bond acceptors (Lipinski definition) is 10. The van der Waals surface area contributed by atoms with Crippen molar-refractivity contribution in [2.45, 2.75) is 19.8 Å². The molecule has 2 aliphatic heterocycles. The van der Waals surface area contributed by atoms with Crippen molar-refractivity contribution in [2.75, 3.05) is 0 Å². The summed E-state index contributed by atoms with van der Waals surface area (Å²) < 4.78 is 1.49. The Bertz CT molecular complexity index is 966. The minimum absolute atomic E-state index is 0.312. The summed E-state index contributed by atoms with van der Waals surface area (Å²) in [5.74, 6) is -0.597. The van der Waals surface area contributed by atoms with Crippen LogP contribution in [0, 0.1) is 0 Å². The molecule has 0 atom stereocenters. The number of aromatic nitrogens is 4. The van der Waals surface area contributed by atoms with E-state index in [2.05, 4.69) is 19.9 Å². The Hall–Kier alpha value is -1.50. The Balaban J connectivity index is 1.75. The smallest absolute Gasteiger partial charge is 0.326 e. The highest BCUT2D eigenvalue weighted by atomic mass is 32.2. The summed E-state index contributed by atoms with van der Waals surface area (Å²) in [4.78, 5) is 35.5. The zero-order valence-corrected chi connectivity index (χ0v) is 13.4. The van der Waals surface area contributed by atoms with Crippen molar-refractivity contribution in [2.24, 2.45) is 0 Å². The lowest BCUT2D eigenvalue weighted by molar-refractivity contribution is -0.300. The maximum Gasteiger partial charge on any atom is 0.326 e. The molecule has 2 aromatic rings. The van der Waals surface area contributed by atoms with E-state index in [1.165, 1.54) is 47.0 Å². The first-order chi connectivity index (χ1) is 10.5. The lowest BCUT2D eigenvalue weighted by Gasteiger charge is -2.12. The van der Waals surface area contributed by atoms with Gasteiger partial charge in [0.25, 0.3) is 5.56 Å². The van der Waals surface area contributed by atoms with E-state index < -0.39 is 23.1 Å². The Morgan fingerprint density at radius 3 is 2.41 bits per heavy atom. The third kappa shape index (κ3) is 2.22. The van der Waals surface area contributed by atoms with Gasteiger partial charge in [0.2, 0.25) is 0 Å². The Morgan fingerprint density at radius 2 is 1.59 bits per heavy atom. The van der Waals surface area contributed by atoms with E-state index in [0.29, 0.717) is 19.8 Å². The Kier molecular flexibility index (Phi) is 3.21. The number of hydrogen-bond donors (Lipinski definition) is 2. The Morgan fingerprint density at radius 1 is 0.864 bits per heavy atom. The monoisotopic (exact) mass is 370 g/mol. The normalized spacial score (nSPS) is 19.3.